The van der Waals surface area contributed by atoms with Crippen LogP contribution >= 0.6 is 0 Å². The van der Waals surface area contributed by atoms with Crippen molar-refractivity contribution in [2.45, 2.75) is 19.3 Å². The van der Waals surface area contributed by atoms with Crippen molar-refractivity contribution >= 4 is 23.5 Å². The number of ether oxygens (including phenoxy) is 1. The molecule has 24 heavy (non-hydrogen) atoms. The van der Waals surface area contributed by atoms with Gasteiger partial charge in [0.2, 0.25) is 5.91 Å². The van der Waals surface area contributed by atoms with Gasteiger partial charge in [-0.3, -0.25) is 14.4 Å². The van der Waals surface area contributed by atoms with Gasteiger partial charge in [-0.05, 0) is 37.1 Å². The first-order chi connectivity index (χ1) is 11.5. The Hall–Kier alpha value is -2.57. The van der Waals surface area contributed by atoms with Crippen LogP contribution in [0.2, 0.25) is 0 Å². The van der Waals surface area contributed by atoms with Crippen molar-refractivity contribution in [3.63, 3.8) is 0 Å². The number of hydrogen-bond donors (Lipinski definition) is 1. The fourth-order valence-corrected chi connectivity index (χ4v) is 3.07. The first kappa shape index (κ1) is 16.3. The second-order valence-corrected chi connectivity index (χ2v) is 6.10. The Morgan fingerprint density at radius 1 is 1.21 bits per heavy atom. The van der Waals surface area contributed by atoms with Gasteiger partial charge in [-0.15, -0.1) is 0 Å². The summed E-state index contributed by atoms with van der Waals surface area (Å²) >= 11 is 0. The summed E-state index contributed by atoms with van der Waals surface area (Å²) in [5, 5.41) is 8.96. The number of nitrogens with zero attached hydrogens (tertiary/aromatic N) is 2. The van der Waals surface area contributed by atoms with Gasteiger partial charge < -0.3 is 19.6 Å². The maximum Gasteiger partial charge on any atom is 0.308 e. The summed E-state index contributed by atoms with van der Waals surface area (Å²) in [6.07, 6.45) is 1.94. The van der Waals surface area contributed by atoms with E-state index in [1.165, 1.54) is 4.90 Å². The Balaban J connectivity index is 1.51. The molecule has 0 saturated carbocycles. The highest BCUT2D eigenvalue weighted by molar-refractivity contribution is 5.95. The first-order valence-electron chi connectivity index (χ1n) is 8.08. The molecule has 0 bridgehead atoms. The molecular formula is C17H20N2O5. The van der Waals surface area contributed by atoms with Crippen molar-refractivity contribution in [1.29, 1.82) is 0 Å². The number of benzene rings is 1. The average Bonchev–Trinajstić information content (AvgIpc) is 3.22. The third kappa shape index (κ3) is 3.50. The highest BCUT2D eigenvalue weighted by Crippen LogP contribution is 2.24. The summed E-state index contributed by atoms with van der Waals surface area (Å²) in [5.74, 6) is -0.879. The van der Waals surface area contributed by atoms with Crippen LogP contribution in [0.5, 0.6) is 5.75 Å². The number of carboxylic acids is 1. The van der Waals surface area contributed by atoms with Crippen LogP contribution in [0.4, 0.5) is 5.69 Å². The van der Waals surface area contributed by atoms with E-state index >= 15 is 0 Å². The highest BCUT2D eigenvalue weighted by Gasteiger charge is 2.30. The zero-order chi connectivity index (χ0) is 17.1. The zero-order valence-corrected chi connectivity index (χ0v) is 13.3. The van der Waals surface area contributed by atoms with E-state index in [1.807, 2.05) is 0 Å². The normalized spacial score (nSPS) is 20.5. The lowest BCUT2D eigenvalue weighted by molar-refractivity contribution is -0.141. The third-order valence-corrected chi connectivity index (χ3v) is 4.47. The molecule has 2 fully saturated rings. The largest absolute Gasteiger partial charge is 0.484 e. The molecule has 0 aromatic heterocycles. The number of carbonyl (C=O) groups is 3. The van der Waals surface area contributed by atoms with Gasteiger partial charge >= 0.3 is 5.97 Å². The molecule has 0 aliphatic carbocycles. The summed E-state index contributed by atoms with van der Waals surface area (Å²) in [6, 6.07) is 7.08. The molecule has 1 unspecified atom stereocenters. The van der Waals surface area contributed by atoms with Crippen molar-refractivity contribution in [1.82, 2.24) is 4.90 Å². The molecule has 2 amide bonds. The van der Waals surface area contributed by atoms with Crippen molar-refractivity contribution in [3.05, 3.63) is 24.3 Å². The van der Waals surface area contributed by atoms with E-state index in [9.17, 15) is 14.4 Å². The molecule has 0 spiro atoms. The second-order valence-electron chi connectivity index (χ2n) is 6.10. The Morgan fingerprint density at radius 3 is 2.54 bits per heavy atom. The molecule has 1 aromatic rings. The molecular weight excluding hydrogens is 312 g/mol. The topological polar surface area (TPSA) is 87.2 Å². The molecule has 7 nitrogen and oxygen atoms in total. The molecule has 0 radical (unpaired) electrons. The van der Waals surface area contributed by atoms with E-state index in [1.54, 1.807) is 29.2 Å². The predicted octanol–water partition coefficient (Wildman–Crippen LogP) is 1.13. The minimum atomic E-state index is -0.863. The summed E-state index contributed by atoms with van der Waals surface area (Å²) in [4.78, 5) is 37.9. The van der Waals surface area contributed by atoms with Crippen LogP contribution in [0, 0.1) is 5.92 Å². The highest BCUT2D eigenvalue weighted by atomic mass is 16.5. The van der Waals surface area contributed by atoms with Gasteiger partial charge in [-0.1, -0.05) is 0 Å². The fraction of sp³-hybridized carbons (Fsp3) is 0.471. The number of amides is 2. The first-order valence-corrected chi connectivity index (χ1v) is 8.08. The van der Waals surface area contributed by atoms with Crippen LogP contribution in [0.25, 0.3) is 0 Å². The molecule has 1 aromatic carbocycles. The quantitative estimate of drug-likeness (QED) is 0.873. The Kier molecular flexibility index (Phi) is 4.69. The number of rotatable bonds is 5. The number of carbonyl (C=O) groups excluding carboxylic acids is 2. The molecule has 2 heterocycles. The third-order valence-electron chi connectivity index (χ3n) is 4.47. The molecule has 2 saturated heterocycles. The minimum Gasteiger partial charge on any atom is -0.484 e. The number of likely N-dealkylation sites (tertiary alicyclic amines) is 1. The van der Waals surface area contributed by atoms with Gasteiger partial charge in [0, 0.05) is 31.7 Å². The molecule has 1 atom stereocenters. The van der Waals surface area contributed by atoms with E-state index in [4.69, 9.17) is 9.84 Å². The lowest BCUT2D eigenvalue weighted by Gasteiger charge is -2.17. The standard InChI is InChI=1S/C17H20N2O5/c20-15-2-1-8-19(15)13-3-5-14(6-4-13)24-11-16(21)18-9-7-12(10-18)17(22)23/h3-6,12H,1-2,7-11H2,(H,22,23). The average molecular weight is 332 g/mol. The molecule has 2 aliphatic rings. The lowest BCUT2D eigenvalue weighted by Crippen LogP contribution is -2.33. The smallest absolute Gasteiger partial charge is 0.308 e. The summed E-state index contributed by atoms with van der Waals surface area (Å²) in [5.41, 5.74) is 0.833. The minimum absolute atomic E-state index is 0.117. The van der Waals surface area contributed by atoms with E-state index in [0.29, 0.717) is 25.1 Å². The Bertz CT molecular complexity index is 643. The van der Waals surface area contributed by atoms with E-state index in [0.717, 1.165) is 18.7 Å². The van der Waals surface area contributed by atoms with Crippen LogP contribution in [-0.2, 0) is 14.4 Å². The molecule has 7 heteroatoms. The van der Waals surface area contributed by atoms with E-state index in [-0.39, 0.29) is 25.0 Å². The van der Waals surface area contributed by atoms with Gasteiger partial charge in [0.05, 0.1) is 5.92 Å². The van der Waals surface area contributed by atoms with E-state index in [2.05, 4.69) is 0 Å². The van der Waals surface area contributed by atoms with Crippen LogP contribution in [0.15, 0.2) is 24.3 Å². The van der Waals surface area contributed by atoms with Crippen LogP contribution < -0.4 is 9.64 Å². The van der Waals surface area contributed by atoms with Crippen molar-refractivity contribution in [2.24, 2.45) is 5.92 Å². The Labute approximate surface area is 139 Å². The second kappa shape index (κ2) is 6.90. The number of aliphatic carboxylic acids is 1. The van der Waals surface area contributed by atoms with Gasteiger partial charge in [-0.2, -0.15) is 0 Å². The Morgan fingerprint density at radius 2 is 1.96 bits per heavy atom. The van der Waals surface area contributed by atoms with Gasteiger partial charge in [0.1, 0.15) is 5.75 Å². The monoisotopic (exact) mass is 332 g/mol. The molecule has 2 aliphatic heterocycles. The van der Waals surface area contributed by atoms with Crippen molar-refractivity contribution in [3.8, 4) is 5.75 Å². The van der Waals surface area contributed by atoms with Crippen molar-refractivity contribution in [2.75, 3.05) is 31.1 Å². The molecule has 1 N–H and O–H groups in total. The van der Waals surface area contributed by atoms with E-state index < -0.39 is 11.9 Å². The maximum atomic E-state index is 12.1. The fourth-order valence-electron chi connectivity index (χ4n) is 3.07. The summed E-state index contributed by atoms with van der Waals surface area (Å²) in [6.45, 7) is 1.31. The zero-order valence-electron chi connectivity index (χ0n) is 13.3. The van der Waals surface area contributed by atoms with Crippen LogP contribution in [0.3, 0.4) is 0 Å². The maximum absolute atomic E-state index is 12.1. The molecule has 128 valence electrons. The van der Waals surface area contributed by atoms with Gasteiger partial charge in [0.15, 0.2) is 6.61 Å². The summed E-state index contributed by atoms with van der Waals surface area (Å²) in [7, 11) is 0. The van der Waals surface area contributed by atoms with Gasteiger partial charge in [-0.25, -0.2) is 0 Å². The van der Waals surface area contributed by atoms with Gasteiger partial charge in [0.25, 0.3) is 5.91 Å². The van der Waals surface area contributed by atoms with Crippen molar-refractivity contribution < 1.29 is 24.2 Å². The SMILES string of the molecule is O=C(O)C1CCN(C(=O)COc2ccc(N3CCCC3=O)cc2)C1. The number of hydrogen-bond acceptors (Lipinski definition) is 4. The van der Waals surface area contributed by atoms with Crippen LogP contribution in [0.1, 0.15) is 19.3 Å². The van der Waals surface area contributed by atoms with Crippen LogP contribution in [-0.4, -0.2) is 54.0 Å². The lowest BCUT2D eigenvalue weighted by atomic mass is 10.1. The number of carboxylic acid groups (broad SMARTS) is 1. The molecule has 3 rings (SSSR count). The predicted molar refractivity (Wildman–Crippen MR) is 85.8 cm³/mol. The number of anilines is 1. The summed E-state index contributed by atoms with van der Waals surface area (Å²) < 4.78 is 5.48.